The van der Waals surface area contributed by atoms with Crippen LogP contribution in [0.4, 0.5) is 0 Å². The molecule has 0 aliphatic carbocycles. The van der Waals surface area contributed by atoms with Crippen LogP contribution in [-0.4, -0.2) is 37.0 Å². The van der Waals surface area contributed by atoms with Gasteiger partial charge in [0.1, 0.15) is 5.58 Å². The highest BCUT2D eigenvalue weighted by molar-refractivity contribution is 5.96. The number of hydrogen-bond donors (Lipinski definition) is 1. The van der Waals surface area contributed by atoms with Crippen LogP contribution in [0.15, 0.2) is 28.7 Å². The van der Waals surface area contributed by atoms with E-state index in [-0.39, 0.29) is 24.4 Å². The first-order valence-corrected chi connectivity index (χ1v) is 6.13. The SMILES string of the molecule is Cc1ccc2oc(C(=O)N(C)C3CNC3)cc2c1.Cl. The van der Waals surface area contributed by atoms with Crippen LogP contribution >= 0.6 is 12.4 Å². The Labute approximate surface area is 118 Å². The fourth-order valence-corrected chi connectivity index (χ4v) is 2.16. The first kappa shape index (κ1) is 13.9. The highest BCUT2D eigenvalue weighted by Gasteiger charge is 2.27. The van der Waals surface area contributed by atoms with Crippen molar-refractivity contribution in [2.24, 2.45) is 0 Å². The molecule has 0 atom stereocenters. The van der Waals surface area contributed by atoms with E-state index in [1.807, 2.05) is 38.2 Å². The summed E-state index contributed by atoms with van der Waals surface area (Å²) in [5.41, 5.74) is 1.93. The molecule has 1 aliphatic heterocycles. The van der Waals surface area contributed by atoms with Crippen molar-refractivity contribution >= 4 is 29.3 Å². The van der Waals surface area contributed by atoms with Gasteiger partial charge in [0, 0.05) is 25.5 Å². The lowest BCUT2D eigenvalue weighted by molar-refractivity contribution is 0.0651. The number of carbonyl (C=O) groups is 1. The number of rotatable bonds is 2. The Morgan fingerprint density at radius 3 is 2.74 bits per heavy atom. The van der Waals surface area contributed by atoms with E-state index in [1.54, 1.807) is 4.90 Å². The lowest BCUT2D eigenvalue weighted by Gasteiger charge is -2.35. The van der Waals surface area contributed by atoms with E-state index in [2.05, 4.69) is 5.32 Å². The number of nitrogens with zero attached hydrogens (tertiary/aromatic N) is 1. The first-order valence-electron chi connectivity index (χ1n) is 6.13. The Morgan fingerprint density at radius 2 is 2.11 bits per heavy atom. The fourth-order valence-electron chi connectivity index (χ4n) is 2.16. The molecule has 0 bridgehead atoms. The zero-order valence-corrected chi connectivity index (χ0v) is 11.8. The molecule has 1 saturated heterocycles. The van der Waals surface area contributed by atoms with Gasteiger partial charge in [0.25, 0.3) is 5.91 Å². The van der Waals surface area contributed by atoms with Gasteiger partial charge in [-0.25, -0.2) is 0 Å². The molecule has 5 heteroatoms. The molecule has 1 aromatic heterocycles. The Bertz CT molecular complexity index is 605. The molecular weight excluding hydrogens is 264 g/mol. The normalized spacial score (nSPS) is 14.8. The maximum absolute atomic E-state index is 12.2. The van der Waals surface area contributed by atoms with E-state index in [0.29, 0.717) is 5.76 Å². The van der Waals surface area contributed by atoms with Crippen molar-refractivity contribution in [1.82, 2.24) is 10.2 Å². The van der Waals surface area contributed by atoms with Crippen molar-refractivity contribution in [2.75, 3.05) is 20.1 Å². The molecule has 1 fully saturated rings. The van der Waals surface area contributed by atoms with Crippen LogP contribution in [-0.2, 0) is 0 Å². The van der Waals surface area contributed by atoms with Crippen LogP contribution in [0.2, 0.25) is 0 Å². The Kier molecular flexibility index (Phi) is 3.83. The van der Waals surface area contributed by atoms with E-state index >= 15 is 0 Å². The summed E-state index contributed by atoms with van der Waals surface area (Å²) < 4.78 is 5.61. The van der Waals surface area contributed by atoms with Crippen LogP contribution < -0.4 is 5.32 Å². The van der Waals surface area contributed by atoms with E-state index in [9.17, 15) is 4.79 Å². The van der Waals surface area contributed by atoms with Crippen LogP contribution in [0.5, 0.6) is 0 Å². The van der Waals surface area contributed by atoms with Crippen LogP contribution in [0.25, 0.3) is 11.0 Å². The summed E-state index contributed by atoms with van der Waals surface area (Å²) in [4.78, 5) is 14.0. The molecule has 0 radical (unpaired) electrons. The average molecular weight is 281 g/mol. The Hall–Kier alpha value is -1.52. The number of fused-ring (bicyclic) bond motifs is 1. The Morgan fingerprint density at radius 1 is 1.37 bits per heavy atom. The van der Waals surface area contributed by atoms with Crippen molar-refractivity contribution < 1.29 is 9.21 Å². The summed E-state index contributed by atoms with van der Waals surface area (Å²) in [5, 5.41) is 4.14. The van der Waals surface area contributed by atoms with Gasteiger partial charge in [-0.3, -0.25) is 4.79 Å². The zero-order chi connectivity index (χ0) is 12.7. The minimum absolute atomic E-state index is 0. The van der Waals surface area contributed by atoms with Gasteiger partial charge in [0.2, 0.25) is 0 Å². The molecular formula is C14H17ClN2O2. The molecule has 1 aliphatic rings. The second kappa shape index (κ2) is 5.23. The lowest BCUT2D eigenvalue weighted by atomic mass is 10.1. The van der Waals surface area contributed by atoms with Crippen molar-refractivity contribution in [1.29, 1.82) is 0 Å². The molecule has 1 aromatic carbocycles. The smallest absolute Gasteiger partial charge is 0.289 e. The van der Waals surface area contributed by atoms with Crippen molar-refractivity contribution in [3.05, 3.63) is 35.6 Å². The van der Waals surface area contributed by atoms with E-state index in [1.165, 1.54) is 5.56 Å². The number of benzene rings is 1. The monoisotopic (exact) mass is 280 g/mol. The second-order valence-electron chi connectivity index (χ2n) is 4.88. The third kappa shape index (κ3) is 2.46. The summed E-state index contributed by atoms with van der Waals surface area (Å²) in [6.45, 7) is 3.75. The lowest BCUT2D eigenvalue weighted by Crippen LogP contribution is -2.57. The second-order valence-corrected chi connectivity index (χ2v) is 4.88. The molecule has 4 nitrogen and oxygen atoms in total. The third-order valence-electron chi connectivity index (χ3n) is 3.51. The minimum atomic E-state index is -0.0460. The van der Waals surface area contributed by atoms with Gasteiger partial charge < -0.3 is 14.6 Å². The molecule has 2 heterocycles. The minimum Gasteiger partial charge on any atom is -0.451 e. The summed E-state index contributed by atoms with van der Waals surface area (Å²) in [5.74, 6) is 0.375. The van der Waals surface area contributed by atoms with Gasteiger partial charge in [-0.05, 0) is 25.1 Å². The third-order valence-corrected chi connectivity index (χ3v) is 3.51. The van der Waals surface area contributed by atoms with Gasteiger partial charge in [0.05, 0.1) is 6.04 Å². The standard InChI is InChI=1S/C14H16N2O2.ClH/c1-9-3-4-12-10(5-9)6-13(18-12)14(17)16(2)11-7-15-8-11;/h3-6,11,15H,7-8H2,1-2H3;1H. The fraction of sp³-hybridized carbons (Fsp3) is 0.357. The molecule has 0 unspecified atom stereocenters. The maximum atomic E-state index is 12.2. The van der Waals surface area contributed by atoms with E-state index in [4.69, 9.17) is 4.42 Å². The predicted molar refractivity (Wildman–Crippen MR) is 77.0 cm³/mol. The van der Waals surface area contributed by atoms with Crippen molar-refractivity contribution in [2.45, 2.75) is 13.0 Å². The summed E-state index contributed by atoms with van der Waals surface area (Å²) in [6.07, 6.45) is 0. The van der Waals surface area contributed by atoms with Gasteiger partial charge in [-0.2, -0.15) is 0 Å². The molecule has 1 N–H and O–H groups in total. The number of hydrogen-bond acceptors (Lipinski definition) is 3. The maximum Gasteiger partial charge on any atom is 0.289 e. The van der Waals surface area contributed by atoms with Crippen LogP contribution in [0, 0.1) is 6.92 Å². The predicted octanol–water partition coefficient (Wildman–Crippen LogP) is 2.21. The molecule has 0 spiro atoms. The summed E-state index contributed by atoms with van der Waals surface area (Å²) in [7, 11) is 1.83. The average Bonchev–Trinajstić information content (AvgIpc) is 2.68. The molecule has 0 saturated carbocycles. The first-order chi connectivity index (χ1) is 8.65. The molecule has 3 rings (SSSR count). The number of carbonyl (C=O) groups excluding carboxylic acids is 1. The van der Waals surface area contributed by atoms with Crippen LogP contribution in [0.1, 0.15) is 16.1 Å². The number of aryl methyl sites for hydroxylation is 1. The largest absolute Gasteiger partial charge is 0.451 e. The van der Waals surface area contributed by atoms with E-state index in [0.717, 1.165) is 24.1 Å². The van der Waals surface area contributed by atoms with Gasteiger partial charge in [-0.15, -0.1) is 12.4 Å². The topological polar surface area (TPSA) is 45.5 Å². The summed E-state index contributed by atoms with van der Waals surface area (Å²) >= 11 is 0. The van der Waals surface area contributed by atoms with Gasteiger partial charge >= 0.3 is 0 Å². The molecule has 2 aromatic rings. The highest BCUT2D eigenvalue weighted by Crippen LogP contribution is 2.22. The number of halogens is 1. The zero-order valence-electron chi connectivity index (χ0n) is 11.0. The summed E-state index contributed by atoms with van der Waals surface area (Å²) in [6, 6.07) is 8.03. The molecule has 1 amide bonds. The molecule has 102 valence electrons. The van der Waals surface area contributed by atoms with Gasteiger partial charge in [0.15, 0.2) is 5.76 Å². The highest BCUT2D eigenvalue weighted by atomic mass is 35.5. The van der Waals surface area contributed by atoms with Crippen molar-refractivity contribution in [3.8, 4) is 0 Å². The van der Waals surface area contributed by atoms with E-state index < -0.39 is 0 Å². The number of amides is 1. The number of nitrogens with one attached hydrogen (secondary N) is 1. The van der Waals surface area contributed by atoms with Gasteiger partial charge in [-0.1, -0.05) is 11.6 Å². The van der Waals surface area contributed by atoms with Crippen molar-refractivity contribution in [3.63, 3.8) is 0 Å². The number of furan rings is 1. The molecule has 19 heavy (non-hydrogen) atoms. The Balaban J connectivity index is 0.00000133. The van der Waals surface area contributed by atoms with Crippen LogP contribution in [0.3, 0.4) is 0 Å². The number of likely N-dealkylation sites (N-methyl/N-ethyl adjacent to an activating group) is 1. The quantitative estimate of drug-likeness (QED) is 0.917.